The summed E-state index contributed by atoms with van der Waals surface area (Å²) < 4.78 is 27.1. The number of aliphatic hydroxyl groups excluding tert-OH is 7. The first kappa shape index (κ1) is 30.3. The topological polar surface area (TPSA) is 205 Å². The number of hydrogen-bond acceptors (Lipinski definition) is 13. The third kappa shape index (κ3) is 8.27. The fourth-order valence-electron chi connectivity index (χ4n) is 4.00. The fraction of sp³-hybridized carbons (Fsp3) is 0.955. The summed E-state index contributed by atoms with van der Waals surface area (Å²) in [5, 5.41) is 70.2. The molecule has 2 heterocycles. The zero-order valence-corrected chi connectivity index (χ0v) is 20.1. The van der Waals surface area contributed by atoms with Crippen LogP contribution in [0.1, 0.15) is 46.0 Å². The van der Waals surface area contributed by atoms with Crippen LogP contribution in [0.25, 0.3) is 0 Å². The van der Waals surface area contributed by atoms with Gasteiger partial charge in [-0.3, -0.25) is 4.79 Å². The third-order valence-electron chi connectivity index (χ3n) is 6.10. The lowest BCUT2D eigenvalue weighted by Crippen LogP contribution is -2.62. The highest BCUT2D eigenvalue weighted by Gasteiger charge is 2.48. The molecule has 0 amide bonds. The highest BCUT2D eigenvalue weighted by Crippen LogP contribution is 2.27. The fourth-order valence-corrected chi connectivity index (χ4v) is 4.00. The summed E-state index contributed by atoms with van der Waals surface area (Å²) in [7, 11) is 0. The van der Waals surface area contributed by atoms with E-state index in [0.29, 0.717) is 6.42 Å². The van der Waals surface area contributed by atoms with Crippen molar-refractivity contribution in [2.24, 2.45) is 0 Å². The maximum absolute atomic E-state index is 12.0. The van der Waals surface area contributed by atoms with Crippen molar-refractivity contribution in [1.82, 2.24) is 0 Å². The van der Waals surface area contributed by atoms with Crippen molar-refractivity contribution < 1.29 is 64.2 Å². The maximum atomic E-state index is 12.0. The monoisotopic (exact) mass is 512 g/mol. The SMILES string of the molecule is CCCCCC(CC(=O)OCC)O[C@@H]1OC(CO[C@@H]2OC(CO)[C@@H](O)[C@H](O)C2O)[C@@H](O)[C@H](O)C1O. The van der Waals surface area contributed by atoms with Crippen LogP contribution in [-0.4, -0.2) is 129 Å². The molecule has 0 aromatic heterocycles. The number of ether oxygens (including phenoxy) is 5. The van der Waals surface area contributed by atoms with E-state index in [9.17, 15) is 40.5 Å². The summed E-state index contributed by atoms with van der Waals surface area (Å²) in [4.78, 5) is 12.0. The van der Waals surface area contributed by atoms with E-state index >= 15 is 0 Å². The second-order valence-corrected chi connectivity index (χ2v) is 8.81. The van der Waals surface area contributed by atoms with Gasteiger partial charge in [0.1, 0.15) is 48.8 Å². The predicted molar refractivity (Wildman–Crippen MR) is 117 cm³/mol. The molecule has 7 N–H and O–H groups in total. The Morgan fingerprint density at radius 3 is 2.03 bits per heavy atom. The zero-order chi connectivity index (χ0) is 26.1. The van der Waals surface area contributed by atoms with Crippen LogP contribution in [0.2, 0.25) is 0 Å². The van der Waals surface area contributed by atoms with Crippen molar-refractivity contribution in [3.63, 3.8) is 0 Å². The number of rotatable bonds is 13. The molecular weight excluding hydrogens is 472 g/mol. The smallest absolute Gasteiger partial charge is 0.308 e. The quantitative estimate of drug-likeness (QED) is 0.101. The molecule has 13 nitrogen and oxygen atoms in total. The average Bonchev–Trinajstić information content (AvgIpc) is 2.83. The second kappa shape index (κ2) is 14.7. The Morgan fingerprint density at radius 2 is 1.43 bits per heavy atom. The number of aliphatic hydroxyl groups is 7. The number of hydrogen-bond donors (Lipinski definition) is 7. The van der Waals surface area contributed by atoms with Crippen molar-refractivity contribution in [1.29, 1.82) is 0 Å². The molecule has 2 fully saturated rings. The van der Waals surface area contributed by atoms with Gasteiger partial charge >= 0.3 is 5.97 Å². The molecule has 2 aliphatic heterocycles. The number of carbonyl (C=O) groups excluding carboxylic acids is 1. The predicted octanol–water partition coefficient (Wildman–Crippen LogP) is -2.47. The van der Waals surface area contributed by atoms with E-state index in [0.717, 1.165) is 19.3 Å². The molecule has 0 spiro atoms. The van der Waals surface area contributed by atoms with E-state index in [1.54, 1.807) is 6.92 Å². The van der Waals surface area contributed by atoms with Crippen molar-refractivity contribution in [3.8, 4) is 0 Å². The molecule has 2 rings (SSSR count). The molecule has 5 unspecified atom stereocenters. The Bertz CT molecular complexity index is 620. The summed E-state index contributed by atoms with van der Waals surface area (Å²) in [6.07, 6.45) is -12.8. The molecule has 11 atom stereocenters. The van der Waals surface area contributed by atoms with Gasteiger partial charge < -0.3 is 59.4 Å². The molecule has 35 heavy (non-hydrogen) atoms. The molecule has 0 aromatic carbocycles. The van der Waals surface area contributed by atoms with Crippen LogP contribution in [0.5, 0.6) is 0 Å². The van der Waals surface area contributed by atoms with Gasteiger partial charge in [0.05, 0.1) is 32.3 Å². The maximum Gasteiger partial charge on any atom is 0.308 e. The third-order valence-corrected chi connectivity index (χ3v) is 6.10. The van der Waals surface area contributed by atoms with E-state index in [1.165, 1.54) is 0 Å². The normalized spacial score (nSPS) is 38.8. The van der Waals surface area contributed by atoms with E-state index in [4.69, 9.17) is 23.7 Å². The highest BCUT2D eigenvalue weighted by molar-refractivity contribution is 5.69. The van der Waals surface area contributed by atoms with Crippen LogP contribution in [0.4, 0.5) is 0 Å². The Hall–Kier alpha value is -0.970. The van der Waals surface area contributed by atoms with E-state index in [1.807, 2.05) is 6.92 Å². The first-order chi connectivity index (χ1) is 16.6. The molecule has 0 saturated carbocycles. The van der Waals surface area contributed by atoms with Gasteiger partial charge in [0, 0.05) is 0 Å². The van der Waals surface area contributed by atoms with Gasteiger partial charge in [0.25, 0.3) is 0 Å². The molecule has 0 radical (unpaired) electrons. The minimum absolute atomic E-state index is 0.0885. The Morgan fingerprint density at radius 1 is 0.829 bits per heavy atom. The summed E-state index contributed by atoms with van der Waals surface area (Å²) in [6, 6.07) is 0. The van der Waals surface area contributed by atoms with Crippen molar-refractivity contribution in [3.05, 3.63) is 0 Å². The zero-order valence-electron chi connectivity index (χ0n) is 20.1. The summed E-state index contributed by atoms with van der Waals surface area (Å²) in [5.41, 5.74) is 0. The van der Waals surface area contributed by atoms with Crippen LogP contribution < -0.4 is 0 Å². The molecular formula is C22H40O13. The lowest BCUT2D eigenvalue weighted by atomic mass is 9.98. The summed E-state index contributed by atoms with van der Waals surface area (Å²) >= 11 is 0. The van der Waals surface area contributed by atoms with Gasteiger partial charge in [-0.1, -0.05) is 26.2 Å². The molecule has 0 bridgehead atoms. The Balaban J connectivity index is 2.03. The van der Waals surface area contributed by atoms with Crippen LogP contribution in [0, 0.1) is 0 Å². The average molecular weight is 513 g/mol. The van der Waals surface area contributed by atoms with E-state index in [2.05, 4.69) is 0 Å². The molecule has 0 aromatic rings. The molecule has 2 saturated heterocycles. The number of carbonyl (C=O) groups is 1. The lowest BCUT2D eigenvalue weighted by molar-refractivity contribution is -0.336. The van der Waals surface area contributed by atoms with E-state index < -0.39 is 86.7 Å². The second-order valence-electron chi connectivity index (χ2n) is 8.81. The van der Waals surface area contributed by atoms with Crippen LogP contribution in [0.15, 0.2) is 0 Å². The van der Waals surface area contributed by atoms with Gasteiger partial charge in [-0.15, -0.1) is 0 Å². The van der Waals surface area contributed by atoms with Gasteiger partial charge in [-0.25, -0.2) is 0 Å². The minimum atomic E-state index is -1.67. The molecule has 2 aliphatic rings. The standard InChI is InChI=1S/C22H40O13/c1-3-5-6-7-11(8-14(24)31-4-2)33-22-20(30)18(28)16(26)13(35-22)10-32-21-19(29)17(27)15(25)12(9-23)34-21/h11-13,15-23,25-30H,3-10H2,1-2H3/t11?,12?,13?,15-,16-,17+,18+,19?,20?,21-,22-/m1/s1. The summed E-state index contributed by atoms with van der Waals surface area (Å²) in [6.45, 7) is 2.79. The van der Waals surface area contributed by atoms with Gasteiger partial charge in [-0.05, 0) is 13.3 Å². The van der Waals surface area contributed by atoms with Gasteiger partial charge in [-0.2, -0.15) is 0 Å². The Kier molecular flexibility index (Phi) is 12.7. The van der Waals surface area contributed by atoms with E-state index in [-0.39, 0.29) is 13.0 Å². The molecule has 13 heteroatoms. The van der Waals surface area contributed by atoms with Crippen LogP contribution in [-0.2, 0) is 28.5 Å². The largest absolute Gasteiger partial charge is 0.466 e. The number of esters is 1. The van der Waals surface area contributed by atoms with Crippen LogP contribution in [0.3, 0.4) is 0 Å². The summed E-state index contributed by atoms with van der Waals surface area (Å²) in [5.74, 6) is -0.484. The Labute approximate surface area is 204 Å². The number of unbranched alkanes of at least 4 members (excludes halogenated alkanes) is 2. The first-order valence-electron chi connectivity index (χ1n) is 12.1. The molecule has 0 aliphatic carbocycles. The van der Waals surface area contributed by atoms with Gasteiger partial charge in [0.15, 0.2) is 12.6 Å². The molecule has 206 valence electrons. The van der Waals surface area contributed by atoms with Crippen molar-refractivity contribution in [2.75, 3.05) is 19.8 Å². The minimum Gasteiger partial charge on any atom is -0.466 e. The van der Waals surface area contributed by atoms with Gasteiger partial charge in [0.2, 0.25) is 0 Å². The van der Waals surface area contributed by atoms with Crippen molar-refractivity contribution >= 4 is 5.97 Å². The highest BCUT2D eigenvalue weighted by atomic mass is 16.7. The lowest BCUT2D eigenvalue weighted by Gasteiger charge is -2.43. The first-order valence-corrected chi connectivity index (χ1v) is 12.1. The van der Waals surface area contributed by atoms with Crippen molar-refractivity contribution in [2.45, 2.75) is 113 Å². The van der Waals surface area contributed by atoms with Crippen LogP contribution >= 0.6 is 0 Å².